The van der Waals surface area contributed by atoms with Gasteiger partial charge in [-0.3, -0.25) is 20.2 Å². The SMILES string of the molecule is O=[N+]([O-])c1ccc(Oc2ccc([N+](=O)[O-])cc2S)c(S)c1. The van der Waals surface area contributed by atoms with E-state index in [1.807, 2.05) is 0 Å². The van der Waals surface area contributed by atoms with Crippen molar-refractivity contribution in [1.29, 1.82) is 0 Å². The van der Waals surface area contributed by atoms with E-state index in [4.69, 9.17) is 4.74 Å². The van der Waals surface area contributed by atoms with E-state index in [0.29, 0.717) is 0 Å². The molecular weight excluding hydrogens is 316 g/mol. The van der Waals surface area contributed by atoms with Crippen LogP contribution in [0.5, 0.6) is 11.5 Å². The molecule has 0 radical (unpaired) electrons. The van der Waals surface area contributed by atoms with Crippen LogP contribution in [-0.4, -0.2) is 9.85 Å². The van der Waals surface area contributed by atoms with E-state index in [1.165, 1.54) is 36.4 Å². The summed E-state index contributed by atoms with van der Waals surface area (Å²) in [6, 6.07) is 7.85. The van der Waals surface area contributed by atoms with Gasteiger partial charge in [0.25, 0.3) is 11.4 Å². The highest BCUT2D eigenvalue weighted by Gasteiger charge is 2.13. The number of nitro benzene ring substituents is 2. The fourth-order valence-corrected chi connectivity index (χ4v) is 2.03. The van der Waals surface area contributed by atoms with Gasteiger partial charge in [-0.25, -0.2) is 0 Å². The largest absolute Gasteiger partial charge is 0.455 e. The fourth-order valence-electron chi connectivity index (χ4n) is 1.53. The number of rotatable bonds is 4. The summed E-state index contributed by atoms with van der Waals surface area (Å²) in [7, 11) is 0. The van der Waals surface area contributed by atoms with Gasteiger partial charge in [-0.15, -0.1) is 25.3 Å². The van der Waals surface area contributed by atoms with Gasteiger partial charge >= 0.3 is 0 Å². The molecule has 2 rings (SSSR count). The molecule has 0 aliphatic heterocycles. The van der Waals surface area contributed by atoms with Crippen LogP contribution in [0, 0.1) is 20.2 Å². The third-order valence-corrected chi connectivity index (χ3v) is 3.23. The lowest BCUT2D eigenvalue weighted by Crippen LogP contribution is -1.92. The average molecular weight is 324 g/mol. The van der Waals surface area contributed by atoms with Crippen LogP contribution in [0.2, 0.25) is 0 Å². The maximum Gasteiger partial charge on any atom is 0.270 e. The van der Waals surface area contributed by atoms with Crippen LogP contribution in [0.1, 0.15) is 0 Å². The van der Waals surface area contributed by atoms with E-state index in [9.17, 15) is 20.2 Å². The molecule has 0 spiro atoms. The number of nitrogens with zero attached hydrogens (tertiary/aromatic N) is 2. The number of non-ortho nitro benzene ring substituents is 2. The zero-order valence-corrected chi connectivity index (χ0v) is 12.1. The first-order valence-electron chi connectivity index (χ1n) is 5.51. The highest BCUT2D eigenvalue weighted by Crippen LogP contribution is 2.35. The molecule has 0 saturated heterocycles. The fraction of sp³-hybridized carbons (Fsp3) is 0. The standard InChI is InChI=1S/C12H8N2O5S2/c15-13(16)7-1-3-9(11(20)5-7)19-10-4-2-8(14(17)18)6-12(10)21/h1-6,20-21H. The summed E-state index contributed by atoms with van der Waals surface area (Å²) in [5, 5.41) is 21.3. The Kier molecular flexibility index (Phi) is 4.34. The summed E-state index contributed by atoms with van der Waals surface area (Å²) < 4.78 is 5.51. The van der Waals surface area contributed by atoms with Crippen LogP contribution in [0.4, 0.5) is 11.4 Å². The minimum atomic E-state index is -0.542. The molecule has 0 bridgehead atoms. The molecule has 0 aromatic heterocycles. The molecule has 9 heteroatoms. The number of benzene rings is 2. The molecule has 7 nitrogen and oxygen atoms in total. The van der Waals surface area contributed by atoms with Gasteiger partial charge in [0.2, 0.25) is 0 Å². The van der Waals surface area contributed by atoms with Crippen molar-refractivity contribution in [3.05, 3.63) is 56.6 Å². The van der Waals surface area contributed by atoms with Crippen LogP contribution in [0.15, 0.2) is 46.2 Å². The molecule has 0 heterocycles. The van der Waals surface area contributed by atoms with Gasteiger partial charge in [-0.05, 0) is 12.1 Å². The molecule has 2 aromatic rings. The van der Waals surface area contributed by atoms with Crippen molar-refractivity contribution in [2.75, 3.05) is 0 Å². The maximum absolute atomic E-state index is 10.6. The van der Waals surface area contributed by atoms with Crippen LogP contribution in [0.3, 0.4) is 0 Å². The average Bonchev–Trinajstić information content (AvgIpc) is 2.42. The second kappa shape index (κ2) is 6.02. The molecule has 0 aliphatic rings. The van der Waals surface area contributed by atoms with Crippen molar-refractivity contribution in [3.8, 4) is 11.5 Å². The molecule has 108 valence electrons. The molecule has 21 heavy (non-hydrogen) atoms. The van der Waals surface area contributed by atoms with Gasteiger partial charge in [0, 0.05) is 24.3 Å². The van der Waals surface area contributed by atoms with E-state index < -0.39 is 9.85 Å². The van der Waals surface area contributed by atoms with E-state index in [2.05, 4.69) is 25.3 Å². The van der Waals surface area contributed by atoms with Crippen LogP contribution in [-0.2, 0) is 0 Å². The Bertz CT molecular complexity index is 674. The van der Waals surface area contributed by atoms with E-state index >= 15 is 0 Å². The Hall–Kier alpha value is -2.26. The van der Waals surface area contributed by atoms with Crippen LogP contribution >= 0.6 is 25.3 Å². The van der Waals surface area contributed by atoms with Crippen molar-refractivity contribution in [3.63, 3.8) is 0 Å². The molecular formula is C12H8N2O5S2. The molecule has 0 unspecified atom stereocenters. The van der Waals surface area contributed by atoms with Gasteiger partial charge in [0.05, 0.1) is 19.6 Å². The summed E-state index contributed by atoms with van der Waals surface area (Å²) in [4.78, 5) is 20.7. The number of ether oxygens (including phenoxy) is 1. The lowest BCUT2D eigenvalue weighted by molar-refractivity contribution is -0.385. The predicted molar refractivity (Wildman–Crippen MR) is 80.8 cm³/mol. The molecule has 0 amide bonds. The lowest BCUT2D eigenvalue weighted by Gasteiger charge is -2.09. The van der Waals surface area contributed by atoms with Crippen molar-refractivity contribution < 1.29 is 14.6 Å². The Balaban J connectivity index is 2.30. The molecule has 0 aliphatic carbocycles. The van der Waals surface area contributed by atoms with Crippen LogP contribution in [0.25, 0.3) is 0 Å². The topological polar surface area (TPSA) is 95.5 Å². The number of thiol groups is 2. The highest BCUT2D eigenvalue weighted by molar-refractivity contribution is 7.80. The molecule has 0 fully saturated rings. The summed E-state index contributed by atoms with van der Waals surface area (Å²) in [5.41, 5.74) is -0.218. The lowest BCUT2D eigenvalue weighted by atomic mass is 10.3. The normalized spacial score (nSPS) is 10.2. The number of hydrogen-bond acceptors (Lipinski definition) is 7. The monoisotopic (exact) mass is 324 g/mol. The predicted octanol–water partition coefficient (Wildman–Crippen LogP) is 3.87. The van der Waals surface area contributed by atoms with Gasteiger partial charge in [0.15, 0.2) is 0 Å². The summed E-state index contributed by atoms with van der Waals surface area (Å²) in [5.74, 6) is 0.571. The van der Waals surface area contributed by atoms with Crippen molar-refractivity contribution in [2.24, 2.45) is 0 Å². The van der Waals surface area contributed by atoms with Gasteiger partial charge in [0.1, 0.15) is 11.5 Å². The molecule has 0 saturated carbocycles. The Morgan fingerprint density at radius 1 is 0.810 bits per heavy atom. The minimum Gasteiger partial charge on any atom is -0.455 e. The Labute approximate surface area is 129 Å². The zero-order valence-electron chi connectivity index (χ0n) is 10.3. The van der Waals surface area contributed by atoms with Crippen molar-refractivity contribution >= 4 is 36.6 Å². The zero-order chi connectivity index (χ0) is 15.6. The van der Waals surface area contributed by atoms with E-state index in [0.717, 1.165) is 0 Å². The quantitative estimate of drug-likeness (QED) is 0.505. The Morgan fingerprint density at radius 3 is 1.48 bits per heavy atom. The maximum atomic E-state index is 10.6. The van der Waals surface area contributed by atoms with Crippen molar-refractivity contribution in [1.82, 2.24) is 0 Å². The van der Waals surface area contributed by atoms with Crippen LogP contribution < -0.4 is 4.74 Å². The van der Waals surface area contributed by atoms with Gasteiger partial charge < -0.3 is 4.74 Å². The van der Waals surface area contributed by atoms with Gasteiger partial charge in [-0.2, -0.15) is 0 Å². The van der Waals surface area contributed by atoms with Crippen molar-refractivity contribution in [2.45, 2.75) is 9.79 Å². The number of hydrogen-bond donors (Lipinski definition) is 2. The Morgan fingerprint density at radius 2 is 1.19 bits per heavy atom. The summed E-state index contributed by atoms with van der Waals surface area (Å²) in [6.07, 6.45) is 0. The minimum absolute atomic E-state index is 0.109. The van der Waals surface area contributed by atoms with E-state index in [-0.39, 0.29) is 32.7 Å². The third kappa shape index (κ3) is 3.44. The smallest absolute Gasteiger partial charge is 0.270 e. The molecule has 2 aromatic carbocycles. The van der Waals surface area contributed by atoms with E-state index in [1.54, 1.807) is 0 Å². The summed E-state index contributed by atoms with van der Waals surface area (Å²) >= 11 is 8.23. The first-order valence-corrected chi connectivity index (χ1v) is 6.40. The first kappa shape index (κ1) is 15.1. The number of nitro groups is 2. The molecule has 0 N–H and O–H groups in total. The summed E-state index contributed by atoms with van der Waals surface area (Å²) in [6.45, 7) is 0. The highest BCUT2D eigenvalue weighted by atomic mass is 32.1. The third-order valence-electron chi connectivity index (χ3n) is 2.53. The first-order chi connectivity index (χ1) is 9.88. The van der Waals surface area contributed by atoms with Gasteiger partial charge in [-0.1, -0.05) is 0 Å². The second-order valence-electron chi connectivity index (χ2n) is 3.92. The molecule has 0 atom stereocenters. The second-order valence-corrected chi connectivity index (χ2v) is 4.88.